The summed E-state index contributed by atoms with van der Waals surface area (Å²) in [5, 5.41) is 27.5. The molecule has 0 aromatic heterocycles. The van der Waals surface area contributed by atoms with E-state index in [1.807, 2.05) is 0 Å². The van der Waals surface area contributed by atoms with E-state index < -0.39 is 24.0 Å². The number of aliphatic hydroxyl groups excluding tert-OH is 1. The average molecular weight is 183 g/mol. The van der Waals surface area contributed by atoms with E-state index in [1.165, 1.54) is 6.92 Å². The fraction of sp³-hybridized carbons (Fsp3) is 0.667. The van der Waals surface area contributed by atoms with Crippen LogP contribution in [-0.4, -0.2) is 34.2 Å². The zero-order valence-electron chi connectivity index (χ0n) is 7.31. The molecule has 5 nitrogen and oxygen atoms in total. The van der Waals surface area contributed by atoms with Crippen LogP contribution in [-0.2, 0) is 4.79 Å². The van der Waals surface area contributed by atoms with Crippen molar-refractivity contribution in [3.8, 4) is 0 Å². The van der Waals surface area contributed by atoms with Gasteiger partial charge in [-0.25, -0.2) is 4.79 Å². The molecule has 0 aromatic rings. The van der Waals surface area contributed by atoms with Gasteiger partial charge >= 0.3 is 35.5 Å². The van der Waals surface area contributed by atoms with Crippen LogP contribution in [0.25, 0.3) is 0 Å². The maximum absolute atomic E-state index is 10.3. The average Bonchev–Trinajstić information content (AvgIpc) is 1.81. The number of hydrogen-bond acceptors (Lipinski definition) is 4. The van der Waals surface area contributed by atoms with Crippen molar-refractivity contribution in [2.75, 3.05) is 0 Å². The van der Waals surface area contributed by atoms with Gasteiger partial charge in [-0.1, -0.05) is 0 Å². The van der Waals surface area contributed by atoms with Crippen LogP contribution in [0.4, 0.5) is 0 Å². The number of nitrogens with zero attached hydrogens (tertiary/aromatic N) is 1. The Labute approximate surface area is 92.4 Å². The number of aliphatic carboxylic acids is 1. The minimum Gasteiger partial charge on any atom is -0.862 e. The van der Waals surface area contributed by atoms with Crippen molar-refractivity contribution < 1.29 is 49.7 Å². The Balaban J connectivity index is 0. The van der Waals surface area contributed by atoms with Gasteiger partial charge in [-0.2, -0.15) is 0 Å². The largest absolute Gasteiger partial charge is 1.00 e. The van der Waals surface area contributed by atoms with Gasteiger partial charge in [0.25, 0.3) is 0 Å². The van der Waals surface area contributed by atoms with Gasteiger partial charge in [0.05, 0.1) is 6.10 Å². The molecule has 0 aliphatic heterocycles. The van der Waals surface area contributed by atoms with Gasteiger partial charge in [0, 0.05) is 0 Å². The Morgan fingerprint density at radius 3 is 2.08 bits per heavy atom. The first-order valence-electron chi connectivity index (χ1n) is 3.07. The predicted molar refractivity (Wildman–Crippen MR) is 36.2 cm³/mol. The normalized spacial score (nSPS) is 16.1. The molecule has 64 valence electrons. The maximum Gasteiger partial charge on any atom is 1.00 e. The molecule has 0 rings (SSSR count). The van der Waals surface area contributed by atoms with Crippen LogP contribution < -0.4 is 34.7 Å². The van der Waals surface area contributed by atoms with Gasteiger partial charge in [-0.15, -0.1) is 0 Å². The van der Waals surface area contributed by atoms with Crippen molar-refractivity contribution in [3.05, 3.63) is 0 Å². The molecule has 12 heavy (non-hydrogen) atoms. The fourth-order valence-corrected chi connectivity index (χ4v) is 0.565. The first kappa shape index (κ1) is 14.4. The summed E-state index contributed by atoms with van der Waals surface area (Å²) >= 11 is 0. The zero-order valence-corrected chi connectivity index (χ0v) is 9.31. The number of carboxylic acid groups (broad SMARTS) is 1. The van der Waals surface area contributed by atoms with Crippen LogP contribution in [0.3, 0.4) is 0 Å². The molecular weight excluding hydrogens is 173 g/mol. The topological polar surface area (TPSA) is 93.0 Å². The Hall–Kier alpha value is -0.100. The van der Waals surface area contributed by atoms with Gasteiger partial charge in [0.1, 0.15) is 0 Å². The zero-order chi connectivity index (χ0) is 9.02. The summed E-state index contributed by atoms with van der Waals surface area (Å²) in [5.41, 5.74) is 0. The standard InChI is InChI=1S/C6H11NO4.Na/c1-3(8)5(6(10)11)7-4(2)9;/h3,5,8H,1-2H3,(H,7,9)(H,10,11);/q;+1/p-1/t3-,5+;/m1./s1. The summed E-state index contributed by atoms with van der Waals surface area (Å²) in [6.45, 7) is 2.41. The molecule has 6 heteroatoms. The molecule has 0 heterocycles. The molecule has 2 atom stereocenters. The van der Waals surface area contributed by atoms with Crippen molar-refractivity contribution in [1.82, 2.24) is 0 Å². The third-order valence-corrected chi connectivity index (χ3v) is 1.03. The van der Waals surface area contributed by atoms with Crippen molar-refractivity contribution >= 4 is 11.9 Å². The molecule has 0 aliphatic carbocycles. The second kappa shape index (κ2) is 6.42. The van der Waals surface area contributed by atoms with E-state index >= 15 is 0 Å². The van der Waals surface area contributed by atoms with Gasteiger partial charge in [0.2, 0.25) is 0 Å². The predicted octanol–water partition coefficient (Wildman–Crippen LogP) is -4.40. The molecule has 0 bridgehead atoms. The maximum atomic E-state index is 10.3. The summed E-state index contributed by atoms with van der Waals surface area (Å²) in [5.74, 6) is -1.89. The number of carbonyl (C=O) groups is 1. The van der Waals surface area contributed by atoms with Gasteiger partial charge in [0.15, 0.2) is 6.04 Å². The van der Waals surface area contributed by atoms with Gasteiger partial charge < -0.3 is 15.3 Å². The molecule has 0 fully saturated rings. The molecular formula is C6H10NNaO4. The summed E-state index contributed by atoms with van der Waals surface area (Å²) in [4.78, 5) is 13.5. The van der Waals surface area contributed by atoms with Gasteiger partial charge in [-0.05, 0) is 19.7 Å². The molecule has 0 saturated carbocycles. The molecule has 0 amide bonds. The van der Waals surface area contributed by atoms with Crippen LogP contribution in [0.5, 0.6) is 0 Å². The summed E-state index contributed by atoms with van der Waals surface area (Å²) in [7, 11) is 0. The summed E-state index contributed by atoms with van der Waals surface area (Å²) in [6.07, 6.45) is -1.14. The third-order valence-electron chi connectivity index (χ3n) is 1.03. The van der Waals surface area contributed by atoms with E-state index in [0.29, 0.717) is 0 Å². The molecule has 0 saturated heterocycles. The third kappa shape index (κ3) is 5.54. The quantitative estimate of drug-likeness (QED) is 0.262. The number of rotatable bonds is 3. The van der Waals surface area contributed by atoms with Crippen LogP contribution in [0.15, 0.2) is 4.99 Å². The number of carboxylic acids is 1. The molecule has 0 radical (unpaired) electrons. The molecule has 0 unspecified atom stereocenters. The van der Waals surface area contributed by atoms with E-state index in [9.17, 15) is 9.90 Å². The van der Waals surface area contributed by atoms with Gasteiger partial charge in [-0.3, -0.25) is 4.99 Å². The first-order valence-corrected chi connectivity index (χ1v) is 3.07. The second-order valence-electron chi connectivity index (χ2n) is 2.17. The van der Waals surface area contributed by atoms with Crippen LogP contribution in [0.2, 0.25) is 0 Å². The van der Waals surface area contributed by atoms with E-state index in [0.717, 1.165) is 6.92 Å². The van der Waals surface area contributed by atoms with Crippen molar-refractivity contribution in [1.29, 1.82) is 0 Å². The summed E-state index contributed by atoms with van der Waals surface area (Å²) < 4.78 is 0. The van der Waals surface area contributed by atoms with Crippen molar-refractivity contribution in [3.63, 3.8) is 0 Å². The number of aliphatic imine (C=N–C) groups is 1. The van der Waals surface area contributed by atoms with E-state index in [1.54, 1.807) is 0 Å². The van der Waals surface area contributed by atoms with Crippen molar-refractivity contribution in [2.24, 2.45) is 4.99 Å². The summed E-state index contributed by atoms with van der Waals surface area (Å²) in [6, 6.07) is -1.34. The smallest absolute Gasteiger partial charge is 0.862 e. The van der Waals surface area contributed by atoms with E-state index in [-0.39, 0.29) is 29.6 Å². The first-order chi connectivity index (χ1) is 4.95. The molecule has 0 aliphatic rings. The fourth-order valence-electron chi connectivity index (χ4n) is 0.565. The number of hydrogen-bond donors (Lipinski definition) is 2. The minimum atomic E-state index is -1.34. The minimum absolute atomic E-state index is 0. The SMILES string of the molecule is CC([O-])=N[C@H](C(=O)O)[C@@H](C)O.[Na+]. The Morgan fingerprint density at radius 1 is 1.58 bits per heavy atom. The number of aliphatic hydroxyl groups is 1. The van der Waals surface area contributed by atoms with Crippen LogP contribution in [0, 0.1) is 0 Å². The molecule has 2 N–H and O–H groups in total. The Bertz CT molecular complexity index is 176. The van der Waals surface area contributed by atoms with Crippen molar-refractivity contribution in [2.45, 2.75) is 26.0 Å². The van der Waals surface area contributed by atoms with E-state index in [4.69, 9.17) is 10.2 Å². The van der Waals surface area contributed by atoms with E-state index in [2.05, 4.69) is 4.99 Å². The molecule has 0 aromatic carbocycles. The monoisotopic (exact) mass is 183 g/mol. The molecule has 0 spiro atoms. The second-order valence-corrected chi connectivity index (χ2v) is 2.17. The van der Waals surface area contributed by atoms with Crippen LogP contribution >= 0.6 is 0 Å². The van der Waals surface area contributed by atoms with Crippen LogP contribution in [0.1, 0.15) is 13.8 Å². The Kier molecular flexibility index (Phi) is 7.72. The Morgan fingerprint density at radius 2 is 2.00 bits per heavy atom.